The number of hydrogen-bond donors (Lipinski definition) is 2. The van der Waals surface area contributed by atoms with Crippen LogP contribution >= 0.6 is 12.6 Å². The predicted molar refractivity (Wildman–Crippen MR) is 103 cm³/mol. The van der Waals surface area contributed by atoms with Gasteiger partial charge in [-0.2, -0.15) is 0 Å². The van der Waals surface area contributed by atoms with Gasteiger partial charge < -0.3 is 5.73 Å². The van der Waals surface area contributed by atoms with Crippen LogP contribution in [0.4, 0.5) is 5.69 Å². The van der Waals surface area contributed by atoms with Crippen LogP contribution in [0.15, 0.2) is 72.8 Å². The molecule has 0 atom stereocenters. The summed E-state index contributed by atoms with van der Waals surface area (Å²) in [5.41, 5.74) is 9.58. The fourth-order valence-electron chi connectivity index (χ4n) is 2.82. The molecule has 0 bridgehead atoms. The average molecular weight is 347 g/mol. The number of ketones is 1. The molecule has 0 amide bonds. The smallest absolute Gasteiger partial charge is 0.216 e. The van der Waals surface area contributed by atoms with Gasteiger partial charge >= 0.3 is 0 Å². The summed E-state index contributed by atoms with van der Waals surface area (Å²) < 4.78 is 0. The van der Waals surface area contributed by atoms with E-state index < -0.39 is 0 Å². The van der Waals surface area contributed by atoms with Crippen molar-refractivity contribution in [1.82, 2.24) is 0 Å². The molecule has 25 heavy (non-hydrogen) atoms. The molecule has 3 nitrogen and oxygen atoms in total. The van der Waals surface area contributed by atoms with Crippen LogP contribution in [0.2, 0.25) is 0 Å². The Morgan fingerprint density at radius 1 is 0.840 bits per heavy atom. The van der Waals surface area contributed by atoms with Crippen molar-refractivity contribution < 1.29 is 9.59 Å². The van der Waals surface area contributed by atoms with Crippen molar-refractivity contribution >= 4 is 29.2 Å². The highest BCUT2D eigenvalue weighted by Crippen LogP contribution is 2.26. The van der Waals surface area contributed by atoms with Crippen LogP contribution in [0.25, 0.3) is 0 Å². The van der Waals surface area contributed by atoms with Gasteiger partial charge in [0.15, 0.2) is 5.78 Å². The lowest BCUT2D eigenvalue weighted by Gasteiger charge is -2.14. The number of hydrogen-bond acceptors (Lipinski definition) is 3. The number of anilines is 1. The second-order valence-corrected chi connectivity index (χ2v) is 6.17. The van der Waals surface area contributed by atoms with Gasteiger partial charge in [0.05, 0.1) is 0 Å². The fraction of sp³-hybridized carbons (Fsp3) is 0.0476. The summed E-state index contributed by atoms with van der Waals surface area (Å²) in [5, 5.41) is -0.375. The number of thiol groups is 1. The largest absolute Gasteiger partial charge is 0.398 e. The molecule has 0 aromatic heterocycles. The van der Waals surface area contributed by atoms with E-state index in [2.05, 4.69) is 12.6 Å². The topological polar surface area (TPSA) is 60.2 Å². The quantitative estimate of drug-likeness (QED) is 0.414. The third kappa shape index (κ3) is 3.80. The van der Waals surface area contributed by atoms with E-state index in [1.54, 1.807) is 18.2 Å². The number of carbonyl (C=O) groups excluding carboxylic acids is 2. The summed E-state index contributed by atoms with van der Waals surface area (Å²) in [6.07, 6.45) is 0.508. The molecule has 124 valence electrons. The Hall–Kier alpha value is -2.85. The standard InChI is InChI=1S/C21H17NO2S/c22-18-13-17(21(24)25)12-16(11-14-7-3-1-4-8-14)19(18)20(23)15-9-5-2-6-10-15/h1-10,12-13H,11,22H2,(H,24,25). The molecular weight excluding hydrogens is 330 g/mol. The van der Waals surface area contributed by atoms with Crippen molar-refractivity contribution in [3.05, 3.63) is 101 Å². The van der Waals surface area contributed by atoms with E-state index in [-0.39, 0.29) is 10.9 Å². The van der Waals surface area contributed by atoms with Crippen molar-refractivity contribution in [1.29, 1.82) is 0 Å². The van der Waals surface area contributed by atoms with Gasteiger partial charge in [-0.1, -0.05) is 60.7 Å². The van der Waals surface area contributed by atoms with Crippen LogP contribution in [0, 0.1) is 0 Å². The van der Waals surface area contributed by atoms with Gasteiger partial charge in [0.2, 0.25) is 5.12 Å². The third-order valence-electron chi connectivity index (χ3n) is 4.00. The van der Waals surface area contributed by atoms with Gasteiger partial charge in [-0.05, 0) is 29.7 Å². The summed E-state index contributed by atoms with van der Waals surface area (Å²) in [6, 6.07) is 22.0. The van der Waals surface area contributed by atoms with E-state index in [4.69, 9.17) is 5.73 Å². The highest BCUT2D eigenvalue weighted by molar-refractivity contribution is 7.97. The summed E-state index contributed by atoms with van der Waals surface area (Å²) in [4.78, 5) is 24.7. The van der Waals surface area contributed by atoms with Crippen LogP contribution in [-0.2, 0) is 6.42 Å². The van der Waals surface area contributed by atoms with Crippen molar-refractivity contribution in [2.75, 3.05) is 5.73 Å². The zero-order chi connectivity index (χ0) is 17.8. The highest BCUT2D eigenvalue weighted by Gasteiger charge is 2.19. The average Bonchev–Trinajstić information content (AvgIpc) is 2.62. The predicted octanol–water partition coefficient (Wildman–Crippen LogP) is 4.16. The van der Waals surface area contributed by atoms with E-state index in [0.717, 1.165) is 11.1 Å². The Morgan fingerprint density at radius 3 is 2.04 bits per heavy atom. The van der Waals surface area contributed by atoms with Gasteiger partial charge in [0.1, 0.15) is 0 Å². The molecule has 0 unspecified atom stereocenters. The molecule has 0 aliphatic heterocycles. The van der Waals surface area contributed by atoms with Crippen molar-refractivity contribution in [2.45, 2.75) is 6.42 Å². The van der Waals surface area contributed by atoms with E-state index in [1.165, 1.54) is 6.07 Å². The van der Waals surface area contributed by atoms with Gasteiger partial charge in [-0.3, -0.25) is 9.59 Å². The first kappa shape index (κ1) is 17.0. The molecule has 4 heteroatoms. The Labute approximate surface area is 151 Å². The molecule has 3 aromatic carbocycles. The minimum absolute atomic E-state index is 0.151. The number of benzene rings is 3. The van der Waals surface area contributed by atoms with Crippen LogP contribution in [0.1, 0.15) is 37.4 Å². The molecule has 0 spiro atoms. The molecule has 2 N–H and O–H groups in total. The van der Waals surface area contributed by atoms with Crippen LogP contribution < -0.4 is 5.73 Å². The second-order valence-electron chi connectivity index (χ2n) is 5.76. The number of nitrogens with two attached hydrogens (primary N) is 1. The van der Waals surface area contributed by atoms with Crippen molar-refractivity contribution in [3.8, 4) is 0 Å². The van der Waals surface area contributed by atoms with Crippen LogP contribution in [0.3, 0.4) is 0 Å². The van der Waals surface area contributed by atoms with Crippen LogP contribution in [-0.4, -0.2) is 10.9 Å². The molecule has 3 aromatic rings. The minimum atomic E-state index is -0.375. The molecule has 0 fully saturated rings. The van der Waals surface area contributed by atoms with E-state index in [9.17, 15) is 9.59 Å². The molecule has 0 aliphatic rings. The molecule has 0 aliphatic carbocycles. The van der Waals surface area contributed by atoms with Crippen molar-refractivity contribution in [2.24, 2.45) is 0 Å². The molecule has 0 radical (unpaired) electrons. The van der Waals surface area contributed by atoms with Crippen molar-refractivity contribution in [3.63, 3.8) is 0 Å². The molecule has 0 saturated heterocycles. The van der Waals surface area contributed by atoms with E-state index in [1.807, 2.05) is 48.5 Å². The third-order valence-corrected chi connectivity index (χ3v) is 4.26. The lowest BCUT2D eigenvalue weighted by Crippen LogP contribution is -2.11. The molecular formula is C21H17NO2S. The maximum absolute atomic E-state index is 13.0. The number of rotatable bonds is 5. The summed E-state index contributed by atoms with van der Waals surface area (Å²) in [7, 11) is 0. The molecule has 3 rings (SSSR count). The number of carbonyl (C=O) groups is 2. The first-order valence-electron chi connectivity index (χ1n) is 7.85. The lowest BCUT2D eigenvalue weighted by atomic mass is 9.91. The van der Waals surface area contributed by atoms with Crippen LogP contribution in [0.5, 0.6) is 0 Å². The first-order valence-corrected chi connectivity index (χ1v) is 8.30. The van der Waals surface area contributed by atoms with Gasteiger partial charge in [0, 0.05) is 22.4 Å². The highest BCUT2D eigenvalue weighted by atomic mass is 32.1. The SMILES string of the molecule is Nc1cc(C(=O)S)cc(Cc2ccccc2)c1C(=O)c1ccccc1. The summed E-state index contributed by atoms with van der Waals surface area (Å²) in [6.45, 7) is 0. The second kappa shape index (κ2) is 7.36. The van der Waals surface area contributed by atoms with Gasteiger partial charge in [-0.15, -0.1) is 12.6 Å². The van der Waals surface area contributed by atoms with E-state index in [0.29, 0.717) is 28.8 Å². The molecule has 0 saturated carbocycles. The minimum Gasteiger partial charge on any atom is -0.398 e. The van der Waals surface area contributed by atoms with Gasteiger partial charge in [0.25, 0.3) is 0 Å². The molecule has 0 heterocycles. The Morgan fingerprint density at radius 2 is 1.44 bits per heavy atom. The Bertz CT molecular complexity index is 921. The zero-order valence-corrected chi connectivity index (χ0v) is 14.4. The number of nitrogen functional groups attached to an aromatic ring is 1. The Balaban J connectivity index is 2.12. The summed E-state index contributed by atoms with van der Waals surface area (Å²) in [5.74, 6) is -0.151. The summed E-state index contributed by atoms with van der Waals surface area (Å²) >= 11 is 3.88. The lowest BCUT2D eigenvalue weighted by molar-refractivity contribution is 0.103. The maximum atomic E-state index is 13.0. The monoisotopic (exact) mass is 347 g/mol. The first-order chi connectivity index (χ1) is 12.1. The normalized spacial score (nSPS) is 10.4. The fourth-order valence-corrected chi connectivity index (χ4v) is 2.95. The Kier molecular flexibility index (Phi) is 5.00. The van der Waals surface area contributed by atoms with Gasteiger partial charge in [-0.25, -0.2) is 0 Å². The van der Waals surface area contributed by atoms with E-state index >= 15 is 0 Å². The zero-order valence-electron chi connectivity index (χ0n) is 13.5. The maximum Gasteiger partial charge on any atom is 0.216 e.